The Morgan fingerprint density at radius 3 is 2.84 bits per heavy atom. The Kier molecular flexibility index (Phi) is 4.57. The molecule has 0 atom stereocenters. The fourth-order valence-corrected chi connectivity index (χ4v) is 3.70. The summed E-state index contributed by atoms with van der Waals surface area (Å²) >= 11 is 3.64. The maximum absolute atomic E-state index is 6.20. The van der Waals surface area contributed by atoms with Gasteiger partial charge in [0.2, 0.25) is 0 Å². The van der Waals surface area contributed by atoms with Crippen molar-refractivity contribution in [2.45, 2.75) is 38.3 Å². The topological polar surface area (TPSA) is 62.1 Å². The van der Waals surface area contributed by atoms with Crippen molar-refractivity contribution < 1.29 is 9.47 Å². The highest BCUT2D eigenvalue weighted by atomic mass is 79.9. The summed E-state index contributed by atoms with van der Waals surface area (Å²) in [6.45, 7) is 0.648. The predicted octanol–water partition coefficient (Wildman–Crippen LogP) is 3.97. The summed E-state index contributed by atoms with van der Waals surface area (Å²) in [7, 11) is 1.67. The second-order valence-electron chi connectivity index (χ2n) is 6.22. The van der Waals surface area contributed by atoms with Crippen molar-refractivity contribution in [1.82, 2.24) is 19.5 Å². The molecule has 0 amide bonds. The van der Waals surface area contributed by atoms with Gasteiger partial charge in [0.15, 0.2) is 17.1 Å². The maximum atomic E-state index is 6.20. The van der Waals surface area contributed by atoms with Gasteiger partial charge in [-0.15, -0.1) is 0 Å². The number of nitrogens with zero attached hydrogens (tertiary/aromatic N) is 4. The number of hydrogen-bond acceptors (Lipinski definition) is 5. The third-order valence-corrected chi connectivity index (χ3v) is 5.31. The molecule has 3 aromatic rings. The van der Waals surface area contributed by atoms with E-state index in [2.05, 4.69) is 36.9 Å². The molecule has 0 radical (unpaired) electrons. The van der Waals surface area contributed by atoms with Gasteiger partial charge in [-0.3, -0.25) is 0 Å². The van der Waals surface area contributed by atoms with Crippen molar-refractivity contribution in [3.05, 3.63) is 41.0 Å². The van der Waals surface area contributed by atoms with Crippen LogP contribution in [0.15, 0.2) is 35.5 Å². The third kappa shape index (κ3) is 3.33. The molecular formula is C18H19BrN4O2. The summed E-state index contributed by atoms with van der Waals surface area (Å²) in [5, 5.41) is 0. The molecule has 2 heterocycles. The quantitative estimate of drug-likeness (QED) is 0.645. The number of benzene rings is 1. The van der Waals surface area contributed by atoms with Crippen LogP contribution in [0.1, 0.15) is 31.2 Å². The van der Waals surface area contributed by atoms with Crippen LogP contribution in [0.3, 0.4) is 0 Å². The average molecular weight is 403 g/mol. The summed E-state index contributed by atoms with van der Waals surface area (Å²) < 4.78 is 14.7. The fraction of sp³-hybridized carbons (Fsp3) is 0.389. The Labute approximate surface area is 154 Å². The molecule has 1 aliphatic rings. The van der Waals surface area contributed by atoms with Gasteiger partial charge < -0.3 is 14.0 Å². The van der Waals surface area contributed by atoms with E-state index in [9.17, 15) is 0 Å². The first kappa shape index (κ1) is 16.3. The van der Waals surface area contributed by atoms with Gasteiger partial charge in [0.25, 0.3) is 0 Å². The van der Waals surface area contributed by atoms with Gasteiger partial charge in [-0.1, -0.05) is 15.9 Å². The van der Waals surface area contributed by atoms with Crippen molar-refractivity contribution in [3.8, 4) is 11.5 Å². The zero-order valence-electron chi connectivity index (χ0n) is 14.0. The van der Waals surface area contributed by atoms with Crippen molar-refractivity contribution in [3.63, 3.8) is 0 Å². The summed E-state index contributed by atoms with van der Waals surface area (Å²) in [4.78, 5) is 12.6. The van der Waals surface area contributed by atoms with Crippen molar-refractivity contribution in [2.75, 3.05) is 7.11 Å². The minimum absolute atomic E-state index is 0.283. The van der Waals surface area contributed by atoms with E-state index in [0.717, 1.165) is 39.9 Å². The van der Waals surface area contributed by atoms with Gasteiger partial charge in [-0.05, 0) is 43.4 Å². The van der Waals surface area contributed by atoms with E-state index in [4.69, 9.17) is 9.47 Å². The van der Waals surface area contributed by atoms with E-state index < -0.39 is 0 Å². The van der Waals surface area contributed by atoms with Gasteiger partial charge in [-0.2, -0.15) is 0 Å². The highest BCUT2D eigenvalue weighted by Gasteiger charge is 2.20. The number of aromatic nitrogens is 4. The summed E-state index contributed by atoms with van der Waals surface area (Å²) in [6.07, 6.45) is 10.0. The largest absolute Gasteiger partial charge is 0.493 e. The average Bonchev–Trinajstić information content (AvgIpc) is 3.28. The van der Waals surface area contributed by atoms with Crippen molar-refractivity contribution >= 4 is 27.1 Å². The van der Waals surface area contributed by atoms with Crippen LogP contribution >= 0.6 is 15.9 Å². The van der Waals surface area contributed by atoms with Crippen LogP contribution < -0.4 is 9.47 Å². The van der Waals surface area contributed by atoms with Crippen LogP contribution in [0, 0.1) is 0 Å². The van der Waals surface area contributed by atoms with E-state index >= 15 is 0 Å². The minimum atomic E-state index is 0.283. The van der Waals surface area contributed by atoms with E-state index in [1.807, 2.05) is 10.6 Å². The SMILES string of the molecule is COc1cc(Br)c(Cn2cnc3ncncc32)cc1OC1CCCC1. The number of ether oxygens (including phenoxy) is 2. The number of fused-ring (bicyclic) bond motifs is 1. The molecule has 2 aromatic heterocycles. The molecule has 0 bridgehead atoms. The number of rotatable bonds is 5. The maximum Gasteiger partial charge on any atom is 0.180 e. The Morgan fingerprint density at radius 1 is 1.20 bits per heavy atom. The standard InChI is InChI=1S/C18H19BrN4O2/c1-24-16-7-14(19)12(6-17(16)25-13-4-2-3-5-13)9-23-11-22-18-15(23)8-20-10-21-18/h6-8,10-11,13H,2-5,9H2,1H3. The lowest BCUT2D eigenvalue weighted by Crippen LogP contribution is -2.12. The highest BCUT2D eigenvalue weighted by Crippen LogP contribution is 2.36. The molecule has 7 heteroatoms. The minimum Gasteiger partial charge on any atom is -0.493 e. The molecule has 1 saturated carbocycles. The van der Waals surface area contributed by atoms with Gasteiger partial charge in [0.1, 0.15) is 11.8 Å². The van der Waals surface area contributed by atoms with Gasteiger partial charge in [0, 0.05) is 4.47 Å². The molecule has 0 unspecified atom stereocenters. The molecule has 6 nitrogen and oxygen atoms in total. The van der Waals surface area contributed by atoms with Crippen LogP contribution in [-0.4, -0.2) is 32.7 Å². The Hall–Kier alpha value is -2.15. The van der Waals surface area contributed by atoms with E-state index in [-0.39, 0.29) is 6.10 Å². The molecule has 0 saturated heterocycles. The van der Waals surface area contributed by atoms with E-state index in [0.29, 0.717) is 12.2 Å². The van der Waals surface area contributed by atoms with Crippen LogP contribution in [0.2, 0.25) is 0 Å². The fourth-order valence-electron chi connectivity index (χ4n) is 3.25. The van der Waals surface area contributed by atoms with E-state index in [1.165, 1.54) is 19.2 Å². The molecule has 1 aliphatic carbocycles. The summed E-state index contributed by atoms with van der Waals surface area (Å²) in [6, 6.07) is 4.02. The number of halogens is 1. The second kappa shape index (κ2) is 7.00. The molecular weight excluding hydrogens is 384 g/mol. The van der Waals surface area contributed by atoms with Crippen LogP contribution in [0.5, 0.6) is 11.5 Å². The third-order valence-electron chi connectivity index (χ3n) is 4.57. The zero-order valence-corrected chi connectivity index (χ0v) is 15.6. The summed E-state index contributed by atoms with van der Waals surface area (Å²) in [5.74, 6) is 1.55. The first-order chi connectivity index (χ1) is 12.2. The molecule has 130 valence electrons. The lowest BCUT2D eigenvalue weighted by Gasteiger charge is -2.18. The van der Waals surface area contributed by atoms with Gasteiger partial charge >= 0.3 is 0 Å². The molecule has 1 aromatic carbocycles. The van der Waals surface area contributed by atoms with Crippen LogP contribution in [-0.2, 0) is 6.54 Å². The first-order valence-corrected chi connectivity index (χ1v) is 9.18. The molecule has 25 heavy (non-hydrogen) atoms. The Morgan fingerprint density at radius 2 is 2.04 bits per heavy atom. The lowest BCUT2D eigenvalue weighted by molar-refractivity contribution is 0.200. The van der Waals surface area contributed by atoms with Crippen molar-refractivity contribution in [1.29, 1.82) is 0 Å². The Balaban J connectivity index is 1.66. The summed E-state index contributed by atoms with van der Waals surface area (Å²) in [5.41, 5.74) is 2.70. The van der Waals surface area contributed by atoms with Gasteiger partial charge in [0.05, 0.1) is 32.3 Å². The molecule has 0 aliphatic heterocycles. The monoisotopic (exact) mass is 402 g/mol. The number of imidazole rings is 1. The zero-order chi connectivity index (χ0) is 17.2. The second-order valence-corrected chi connectivity index (χ2v) is 7.08. The highest BCUT2D eigenvalue weighted by molar-refractivity contribution is 9.10. The number of methoxy groups -OCH3 is 1. The molecule has 1 fully saturated rings. The van der Waals surface area contributed by atoms with Crippen molar-refractivity contribution in [2.24, 2.45) is 0 Å². The van der Waals surface area contributed by atoms with E-state index in [1.54, 1.807) is 19.6 Å². The van der Waals surface area contributed by atoms with Gasteiger partial charge in [-0.25, -0.2) is 15.0 Å². The smallest absolute Gasteiger partial charge is 0.180 e. The van der Waals surface area contributed by atoms with Crippen LogP contribution in [0.25, 0.3) is 11.2 Å². The normalized spacial score (nSPS) is 15.0. The van der Waals surface area contributed by atoms with Crippen LogP contribution in [0.4, 0.5) is 0 Å². The number of hydrogen-bond donors (Lipinski definition) is 0. The Bertz CT molecular complexity index is 890. The first-order valence-electron chi connectivity index (χ1n) is 8.38. The molecule has 4 rings (SSSR count). The predicted molar refractivity (Wildman–Crippen MR) is 98.0 cm³/mol. The molecule has 0 N–H and O–H groups in total. The molecule has 0 spiro atoms. The lowest BCUT2D eigenvalue weighted by atomic mass is 10.2.